The Morgan fingerprint density at radius 2 is 2.13 bits per heavy atom. The third-order valence-corrected chi connectivity index (χ3v) is 7.43. The normalized spacial score (nSPS) is 16.6. The van der Waals surface area contributed by atoms with Crippen LogP contribution < -0.4 is 10.5 Å². The number of alkyl halides is 2. The second-order valence-electron chi connectivity index (χ2n) is 6.84. The number of nitrogens with zero attached hydrogens (tertiary/aromatic N) is 6. The summed E-state index contributed by atoms with van der Waals surface area (Å²) in [5, 5.41) is 12.8. The molecule has 1 aliphatic heterocycles. The van der Waals surface area contributed by atoms with Crippen LogP contribution in [-0.2, 0) is 13.0 Å². The summed E-state index contributed by atoms with van der Waals surface area (Å²) in [5.74, 6) is 0. The molecule has 0 spiro atoms. The minimum Gasteiger partial charge on any atom is -0.360 e. The van der Waals surface area contributed by atoms with E-state index in [9.17, 15) is 13.6 Å². The third-order valence-electron chi connectivity index (χ3n) is 5.22. The fourth-order valence-electron chi connectivity index (χ4n) is 3.69. The Kier molecular flexibility index (Phi) is 6.36. The highest BCUT2D eigenvalue weighted by atomic mass is 127. The van der Waals surface area contributed by atoms with Gasteiger partial charge in [0.2, 0.25) is 0 Å². The topological polar surface area (TPSA) is 68.8 Å². The molecule has 3 aromatic rings. The fraction of sp³-hybridized carbons (Fsp3) is 0.333. The number of aromatic nitrogens is 5. The van der Waals surface area contributed by atoms with Gasteiger partial charge in [-0.1, -0.05) is 41.1 Å². The largest absolute Gasteiger partial charge is 0.360 e. The van der Waals surface area contributed by atoms with E-state index < -0.39 is 6.43 Å². The van der Waals surface area contributed by atoms with Crippen molar-refractivity contribution in [2.24, 2.45) is 0 Å². The zero-order chi connectivity index (χ0) is 21.4. The molecule has 7 nitrogen and oxygen atoms in total. The molecule has 0 fully saturated rings. The molecule has 0 saturated heterocycles. The molecule has 158 valence electrons. The molecule has 2 unspecified atom stereocenters. The monoisotopic (exact) mass is 564 g/mol. The van der Waals surface area contributed by atoms with E-state index in [0.717, 1.165) is 11.4 Å². The smallest absolute Gasteiger partial charge is 0.291 e. The Morgan fingerprint density at radius 3 is 2.87 bits per heavy atom. The van der Waals surface area contributed by atoms with Gasteiger partial charge in [-0.2, -0.15) is 5.10 Å². The van der Waals surface area contributed by atoms with Gasteiger partial charge in [-0.15, -0.1) is 5.10 Å². The Balaban J connectivity index is 1.64. The number of hydrogen-bond donors (Lipinski definition) is 0. The van der Waals surface area contributed by atoms with Crippen molar-refractivity contribution in [1.29, 1.82) is 0 Å². The molecule has 1 aliphatic rings. The molecule has 30 heavy (non-hydrogen) atoms. The van der Waals surface area contributed by atoms with Crippen molar-refractivity contribution in [2.45, 2.75) is 32.4 Å². The summed E-state index contributed by atoms with van der Waals surface area (Å²) in [4.78, 5) is 14.3. The number of fused-ring (bicyclic) bond motifs is 1. The van der Waals surface area contributed by atoms with Crippen molar-refractivity contribution in [3.63, 3.8) is 0 Å². The minimum atomic E-state index is -2.55. The van der Waals surface area contributed by atoms with E-state index in [0.29, 0.717) is 24.2 Å². The van der Waals surface area contributed by atoms with Crippen LogP contribution in [0, 0.1) is 0 Å². The van der Waals surface area contributed by atoms with Crippen LogP contribution in [0.1, 0.15) is 41.9 Å². The first-order chi connectivity index (χ1) is 14.4. The highest BCUT2D eigenvalue weighted by Gasteiger charge is 2.31. The van der Waals surface area contributed by atoms with Crippen LogP contribution in [0.3, 0.4) is 0 Å². The molecule has 4 rings (SSSR count). The van der Waals surface area contributed by atoms with Crippen molar-refractivity contribution in [1.82, 2.24) is 24.5 Å². The molecule has 0 amide bonds. The third kappa shape index (κ3) is 3.85. The van der Waals surface area contributed by atoms with Crippen LogP contribution in [0.15, 0.2) is 35.3 Å². The molecule has 2 atom stereocenters. The van der Waals surface area contributed by atoms with Crippen LogP contribution >= 0.6 is 40.0 Å². The van der Waals surface area contributed by atoms with Crippen molar-refractivity contribution in [3.8, 4) is 0 Å². The van der Waals surface area contributed by atoms with Gasteiger partial charge >= 0.3 is 0 Å². The molecule has 0 saturated carbocycles. The quantitative estimate of drug-likeness (QED) is 0.340. The van der Waals surface area contributed by atoms with Gasteiger partial charge in [0.25, 0.3) is 12.0 Å². The van der Waals surface area contributed by atoms with E-state index in [1.165, 1.54) is 10.5 Å². The summed E-state index contributed by atoms with van der Waals surface area (Å²) in [6.45, 7) is 2.76. The average molecular weight is 565 g/mol. The minimum absolute atomic E-state index is 0.00151. The van der Waals surface area contributed by atoms with Crippen molar-refractivity contribution >= 4 is 45.7 Å². The molecule has 12 heteroatoms. The first-order valence-corrected chi connectivity index (χ1v) is 13.6. The maximum atomic E-state index is 13.3. The van der Waals surface area contributed by atoms with E-state index in [1.54, 1.807) is 29.1 Å². The highest BCUT2D eigenvalue weighted by molar-refractivity contribution is 14.2. The van der Waals surface area contributed by atoms with Crippen LogP contribution in [0.5, 0.6) is 0 Å². The van der Waals surface area contributed by atoms with Gasteiger partial charge in [0.15, 0.2) is 0 Å². The lowest BCUT2D eigenvalue weighted by atomic mass is 10.0. The van der Waals surface area contributed by atoms with E-state index in [4.69, 9.17) is 11.6 Å². The van der Waals surface area contributed by atoms with E-state index >= 15 is 0 Å². The molecule has 0 radical (unpaired) electrons. The standard InChI is InChI=1S/C18H17ClF2IN6OP/c1-10-16-13(6-7-26(10)14-8-23-28(30-22)18(29)15(14)19)27(25-24-16)9-11-4-2-3-5-12(11)17(20)21/h2-5,8,10,17,30H,6-7,9H2,1H3. The van der Waals surface area contributed by atoms with E-state index in [-0.39, 0.29) is 35.1 Å². The van der Waals surface area contributed by atoms with E-state index in [2.05, 4.69) is 37.5 Å². The lowest BCUT2D eigenvalue weighted by Crippen LogP contribution is -2.36. The summed E-state index contributed by atoms with van der Waals surface area (Å²) >= 11 is 8.41. The molecule has 1 aromatic carbocycles. The maximum Gasteiger partial charge on any atom is 0.291 e. The molecule has 2 aromatic heterocycles. The van der Waals surface area contributed by atoms with Crippen molar-refractivity contribution in [2.75, 3.05) is 11.4 Å². The summed E-state index contributed by atoms with van der Waals surface area (Å²) < 4.78 is 29.6. The van der Waals surface area contributed by atoms with Gasteiger partial charge in [0, 0.05) is 18.5 Å². The number of rotatable bonds is 5. The van der Waals surface area contributed by atoms with Crippen LogP contribution in [-0.4, -0.2) is 31.1 Å². The average Bonchev–Trinajstić information content (AvgIpc) is 3.15. The van der Waals surface area contributed by atoms with Gasteiger partial charge in [0.1, 0.15) is 10.7 Å². The van der Waals surface area contributed by atoms with Gasteiger partial charge in [0.05, 0.1) is 36.5 Å². The van der Waals surface area contributed by atoms with Gasteiger partial charge in [-0.3, -0.25) is 4.79 Å². The lowest BCUT2D eigenvalue weighted by molar-refractivity contribution is 0.150. The number of hydrogen-bond acceptors (Lipinski definition) is 5. The molecular formula is C18H17ClF2IN6OP. The SMILES string of the molecule is CC1c2nnn(Cc3ccccc3C(F)F)c2CCN1c1cnn(PI)c(=O)c1Cl. The zero-order valence-electron chi connectivity index (χ0n) is 15.8. The Bertz CT molecular complexity index is 1140. The summed E-state index contributed by atoms with van der Waals surface area (Å²) in [6.07, 6.45) is -0.192. The van der Waals surface area contributed by atoms with Gasteiger partial charge in [-0.25, -0.2) is 17.9 Å². The van der Waals surface area contributed by atoms with Gasteiger partial charge < -0.3 is 4.90 Å². The van der Waals surface area contributed by atoms with Gasteiger partial charge in [-0.05, 0) is 34.5 Å². The Labute approximate surface area is 190 Å². The van der Waals surface area contributed by atoms with Crippen molar-refractivity contribution < 1.29 is 8.78 Å². The predicted octanol–water partition coefficient (Wildman–Crippen LogP) is 4.39. The molecule has 0 aliphatic carbocycles. The molecule has 0 N–H and O–H groups in total. The summed E-state index contributed by atoms with van der Waals surface area (Å²) in [7, 11) is 0. The Hall–Kier alpha value is -1.65. The second kappa shape index (κ2) is 8.84. The highest BCUT2D eigenvalue weighted by Crippen LogP contribution is 2.35. The first-order valence-electron chi connectivity index (χ1n) is 9.11. The lowest BCUT2D eigenvalue weighted by Gasteiger charge is -2.34. The van der Waals surface area contributed by atoms with Crippen LogP contribution in [0.25, 0.3) is 0 Å². The van der Waals surface area contributed by atoms with Crippen molar-refractivity contribution in [3.05, 3.63) is 68.4 Å². The zero-order valence-corrected chi connectivity index (χ0v) is 19.7. The summed E-state index contributed by atoms with van der Waals surface area (Å²) in [6, 6.07) is 6.27. The van der Waals surface area contributed by atoms with Crippen LogP contribution in [0.2, 0.25) is 5.02 Å². The maximum absolute atomic E-state index is 13.3. The molecule has 0 bridgehead atoms. The van der Waals surface area contributed by atoms with Crippen LogP contribution in [0.4, 0.5) is 14.5 Å². The fourth-order valence-corrected chi connectivity index (χ4v) is 5.32. The van der Waals surface area contributed by atoms with E-state index in [1.807, 2.05) is 11.8 Å². The predicted molar refractivity (Wildman–Crippen MR) is 121 cm³/mol. The number of halogens is 4. The number of benzene rings is 1. The Morgan fingerprint density at radius 1 is 1.37 bits per heavy atom. The second-order valence-corrected chi connectivity index (χ2v) is 9.26. The number of anilines is 1. The molecular weight excluding hydrogens is 548 g/mol. The first kappa shape index (κ1) is 21.6. The summed E-state index contributed by atoms with van der Waals surface area (Å²) in [5.41, 5.74) is 2.39. The molecule has 3 heterocycles.